The van der Waals surface area contributed by atoms with Crippen LogP contribution in [-0.2, 0) is 14.8 Å². The van der Waals surface area contributed by atoms with Crippen LogP contribution < -0.4 is 9.46 Å². The van der Waals surface area contributed by atoms with E-state index in [2.05, 4.69) is 9.71 Å². The van der Waals surface area contributed by atoms with Crippen molar-refractivity contribution in [1.82, 2.24) is 4.98 Å². The van der Waals surface area contributed by atoms with E-state index in [0.717, 1.165) is 5.56 Å². The SMILES string of the molecule is COCCOc1ccc(S(=O)(=O)Nc2ccc(Cl)c3c(Cl)c[nH]c23)cc1C(C)C. The number of hydrogen-bond donors (Lipinski definition) is 2. The van der Waals surface area contributed by atoms with E-state index in [4.69, 9.17) is 32.7 Å². The molecule has 0 radical (unpaired) electrons. The maximum absolute atomic E-state index is 13.0. The van der Waals surface area contributed by atoms with E-state index in [1.807, 2.05) is 13.8 Å². The fourth-order valence-corrected chi connectivity index (χ4v) is 4.63. The summed E-state index contributed by atoms with van der Waals surface area (Å²) in [5.74, 6) is 0.716. The standard InChI is InChI=1S/C20H22Cl2N2O4S/c1-12(2)14-10-13(4-7-18(14)28-9-8-27-3)29(25,26)24-17-6-5-15(21)19-16(22)11-23-20(17)19/h4-7,10-12,23-24H,8-9H2,1-3H3. The lowest BCUT2D eigenvalue weighted by Gasteiger charge is -2.16. The molecule has 0 amide bonds. The van der Waals surface area contributed by atoms with Crippen LogP contribution in [0.3, 0.4) is 0 Å². The van der Waals surface area contributed by atoms with Gasteiger partial charge in [-0.15, -0.1) is 0 Å². The number of aromatic amines is 1. The van der Waals surface area contributed by atoms with Gasteiger partial charge >= 0.3 is 0 Å². The zero-order valence-electron chi connectivity index (χ0n) is 16.3. The van der Waals surface area contributed by atoms with Crippen LogP contribution >= 0.6 is 23.2 Å². The van der Waals surface area contributed by atoms with Crippen molar-refractivity contribution in [1.29, 1.82) is 0 Å². The Labute approximate surface area is 180 Å². The van der Waals surface area contributed by atoms with Gasteiger partial charge in [-0.05, 0) is 41.8 Å². The number of ether oxygens (including phenoxy) is 2. The lowest BCUT2D eigenvalue weighted by molar-refractivity contribution is 0.145. The summed E-state index contributed by atoms with van der Waals surface area (Å²) in [7, 11) is -2.25. The summed E-state index contributed by atoms with van der Waals surface area (Å²) in [6, 6.07) is 8.02. The molecule has 0 aliphatic heterocycles. The molecule has 9 heteroatoms. The van der Waals surface area contributed by atoms with Gasteiger partial charge in [0.25, 0.3) is 10.0 Å². The van der Waals surface area contributed by atoms with Crippen molar-refractivity contribution in [3.63, 3.8) is 0 Å². The molecule has 3 aromatic rings. The van der Waals surface area contributed by atoms with Gasteiger partial charge in [0.2, 0.25) is 0 Å². The van der Waals surface area contributed by atoms with Crippen molar-refractivity contribution in [2.24, 2.45) is 0 Å². The van der Waals surface area contributed by atoms with Crippen LogP contribution in [0.25, 0.3) is 10.9 Å². The fourth-order valence-electron chi connectivity index (χ4n) is 2.97. The molecular formula is C20H22Cl2N2O4S. The van der Waals surface area contributed by atoms with Crippen LogP contribution in [0.1, 0.15) is 25.3 Å². The average molecular weight is 457 g/mol. The van der Waals surface area contributed by atoms with E-state index in [0.29, 0.717) is 45.6 Å². The Hall–Kier alpha value is -1.93. The van der Waals surface area contributed by atoms with Crippen molar-refractivity contribution >= 4 is 49.8 Å². The van der Waals surface area contributed by atoms with Crippen LogP contribution in [0.4, 0.5) is 5.69 Å². The van der Waals surface area contributed by atoms with Crippen molar-refractivity contribution in [3.05, 3.63) is 52.1 Å². The van der Waals surface area contributed by atoms with Gasteiger partial charge in [0, 0.05) is 18.7 Å². The molecule has 3 rings (SSSR count). The molecule has 29 heavy (non-hydrogen) atoms. The summed E-state index contributed by atoms with van der Waals surface area (Å²) in [5.41, 5.74) is 1.69. The topological polar surface area (TPSA) is 80.4 Å². The van der Waals surface area contributed by atoms with Gasteiger partial charge in [0.1, 0.15) is 12.4 Å². The van der Waals surface area contributed by atoms with Gasteiger partial charge in [0.15, 0.2) is 0 Å². The first-order valence-corrected chi connectivity index (χ1v) is 11.2. The highest BCUT2D eigenvalue weighted by Gasteiger charge is 2.20. The normalized spacial score (nSPS) is 11.9. The van der Waals surface area contributed by atoms with E-state index in [1.54, 1.807) is 37.6 Å². The number of methoxy groups -OCH3 is 1. The molecule has 0 spiro atoms. The number of aromatic nitrogens is 1. The van der Waals surface area contributed by atoms with Crippen molar-refractivity contribution in [2.45, 2.75) is 24.7 Å². The van der Waals surface area contributed by atoms with E-state index in [9.17, 15) is 8.42 Å². The molecule has 1 heterocycles. The summed E-state index contributed by atoms with van der Waals surface area (Å²) in [6.07, 6.45) is 1.57. The molecule has 2 N–H and O–H groups in total. The minimum atomic E-state index is -3.84. The summed E-state index contributed by atoms with van der Waals surface area (Å²) in [6.45, 7) is 4.79. The molecule has 156 valence electrons. The summed E-state index contributed by atoms with van der Waals surface area (Å²) in [4.78, 5) is 3.10. The van der Waals surface area contributed by atoms with E-state index in [-0.39, 0.29) is 10.8 Å². The van der Waals surface area contributed by atoms with E-state index in [1.165, 1.54) is 6.07 Å². The summed E-state index contributed by atoms with van der Waals surface area (Å²) in [5, 5.41) is 1.43. The number of benzene rings is 2. The molecular weight excluding hydrogens is 435 g/mol. The second-order valence-electron chi connectivity index (χ2n) is 6.78. The number of nitrogens with one attached hydrogen (secondary N) is 2. The van der Waals surface area contributed by atoms with Crippen LogP contribution in [0.15, 0.2) is 41.4 Å². The predicted molar refractivity (Wildman–Crippen MR) is 117 cm³/mol. The van der Waals surface area contributed by atoms with Crippen LogP contribution in [0.5, 0.6) is 5.75 Å². The number of fused-ring (bicyclic) bond motifs is 1. The molecule has 0 unspecified atom stereocenters. The summed E-state index contributed by atoms with van der Waals surface area (Å²) < 4.78 is 39.4. The maximum Gasteiger partial charge on any atom is 0.261 e. The third kappa shape index (κ3) is 4.64. The van der Waals surface area contributed by atoms with Gasteiger partial charge in [-0.25, -0.2) is 8.42 Å². The molecule has 0 fully saturated rings. The number of anilines is 1. The Kier molecular flexibility index (Phi) is 6.63. The smallest absolute Gasteiger partial charge is 0.261 e. The second-order valence-corrected chi connectivity index (χ2v) is 9.28. The van der Waals surface area contributed by atoms with Crippen LogP contribution in [-0.4, -0.2) is 33.7 Å². The van der Waals surface area contributed by atoms with E-state index < -0.39 is 10.0 Å². The van der Waals surface area contributed by atoms with Gasteiger partial charge in [-0.3, -0.25) is 4.72 Å². The lowest BCUT2D eigenvalue weighted by Crippen LogP contribution is -2.14. The zero-order valence-corrected chi connectivity index (χ0v) is 18.6. The molecule has 0 saturated heterocycles. The number of hydrogen-bond acceptors (Lipinski definition) is 4. The first kappa shape index (κ1) is 21.8. The molecule has 6 nitrogen and oxygen atoms in total. The van der Waals surface area contributed by atoms with Crippen molar-refractivity contribution in [2.75, 3.05) is 25.0 Å². The molecule has 0 aliphatic rings. The largest absolute Gasteiger partial charge is 0.491 e. The monoisotopic (exact) mass is 456 g/mol. The van der Waals surface area contributed by atoms with Crippen molar-refractivity contribution in [3.8, 4) is 5.75 Å². The quantitative estimate of drug-likeness (QED) is 0.443. The maximum atomic E-state index is 13.0. The Morgan fingerprint density at radius 2 is 1.86 bits per heavy atom. The van der Waals surface area contributed by atoms with E-state index >= 15 is 0 Å². The highest BCUT2D eigenvalue weighted by Crippen LogP contribution is 2.36. The molecule has 0 atom stereocenters. The Morgan fingerprint density at radius 1 is 1.10 bits per heavy atom. The Balaban J connectivity index is 1.96. The first-order chi connectivity index (χ1) is 13.7. The third-order valence-corrected chi connectivity index (χ3v) is 6.42. The summed E-state index contributed by atoms with van der Waals surface area (Å²) >= 11 is 12.3. The Morgan fingerprint density at radius 3 is 2.55 bits per heavy atom. The minimum absolute atomic E-state index is 0.0761. The molecule has 0 saturated carbocycles. The Bertz CT molecular complexity index is 1130. The third-order valence-electron chi connectivity index (χ3n) is 4.44. The van der Waals surface area contributed by atoms with Gasteiger partial charge in [-0.1, -0.05) is 37.0 Å². The fraction of sp³-hybridized carbons (Fsp3) is 0.300. The number of sulfonamides is 1. The lowest BCUT2D eigenvalue weighted by atomic mass is 10.0. The predicted octanol–water partition coefficient (Wildman–Crippen LogP) is 5.42. The molecule has 2 aromatic carbocycles. The van der Waals surface area contributed by atoms with Crippen LogP contribution in [0.2, 0.25) is 10.0 Å². The minimum Gasteiger partial charge on any atom is -0.491 e. The van der Waals surface area contributed by atoms with Gasteiger partial charge in [-0.2, -0.15) is 0 Å². The number of rotatable bonds is 8. The highest BCUT2D eigenvalue weighted by molar-refractivity contribution is 7.92. The average Bonchev–Trinajstić information content (AvgIpc) is 3.07. The highest BCUT2D eigenvalue weighted by atomic mass is 35.5. The zero-order chi connectivity index (χ0) is 21.2. The van der Waals surface area contributed by atoms with Gasteiger partial charge < -0.3 is 14.5 Å². The van der Waals surface area contributed by atoms with Gasteiger partial charge in [0.05, 0.1) is 32.8 Å². The van der Waals surface area contributed by atoms with Crippen LogP contribution in [0, 0.1) is 0 Å². The number of H-pyrrole nitrogens is 1. The molecule has 1 aromatic heterocycles. The number of halogens is 2. The molecule has 0 bridgehead atoms. The first-order valence-electron chi connectivity index (χ1n) is 8.98. The van der Waals surface area contributed by atoms with Crippen molar-refractivity contribution < 1.29 is 17.9 Å². The molecule has 0 aliphatic carbocycles. The second kappa shape index (κ2) is 8.83.